The molecule has 9 aromatic rings. The summed E-state index contributed by atoms with van der Waals surface area (Å²) in [5.41, 5.74) is 11.6. The first kappa shape index (κ1) is 27.3. The molecule has 0 spiro atoms. The minimum Gasteiger partial charge on any atom is -0.456 e. The topological polar surface area (TPSA) is 18.5 Å². The molecule has 0 saturated heterocycles. The number of benzene rings is 9. The van der Waals surface area contributed by atoms with Crippen molar-refractivity contribution in [2.45, 2.75) is 0 Å². The number of rotatable bonds is 3. The molecule has 2 nitrogen and oxygen atoms in total. The molecule has 232 valence electrons. The third-order valence-corrected chi connectivity index (χ3v) is 10.5. The van der Waals surface area contributed by atoms with Gasteiger partial charge < -0.3 is 9.47 Å². The van der Waals surface area contributed by atoms with E-state index in [0.29, 0.717) is 0 Å². The Bertz CT molecular complexity index is 2860. The third-order valence-electron chi connectivity index (χ3n) is 10.5. The van der Waals surface area contributed by atoms with Crippen LogP contribution in [0.15, 0.2) is 170 Å². The van der Waals surface area contributed by atoms with Crippen molar-refractivity contribution in [3.05, 3.63) is 170 Å². The molecular formula is C48H28O2. The van der Waals surface area contributed by atoms with Crippen LogP contribution in [0.3, 0.4) is 0 Å². The van der Waals surface area contributed by atoms with Gasteiger partial charge in [0.25, 0.3) is 0 Å². The van der Waals surface area contributed by atoms with E-state index in [2.05, 4.69) is 170 Å². The predicted molar refractivity (Wildman–Crippen MR) is 206 cm³/mol. The Morgan fingerprint density at radius 1 is 0.260 bits per heavy atom. The van der Waals surface area contributed by atoms with Crippen LogP contribution in [0.5, 0.6) is 23.0 Å². The first-order valence-corrected chi connectivity index (χ1v) is 17.1. The molecule has 0 radical (unpaired) electrons. The van der Waals surface area contributed by atoms with Gasteiger partial charge in [0, 0.05) is 21.9 Å². The van der Waals surface area contributed by atoms with Crippen molar-refractivity contribution in [3.63, 3.8) is 0 Å². The van der Waals surface area contributed by atoms with E-state index in [0.717, 1.165) is 61.6 Å². The largest absolute Gasteiger partial charge is 0.456 e. The van der Waals surface area contributed by atoms with E-state index in [9.17, 15) is 0 Å². The van der Waals surface area contributed by atoms with Gasteiger partial charge in [0.05, 0.1) is 0 Å². The summed E-state index contributed by atoms with van der Waals surface area (Å²) in [5, 5.41) is 7.18. The standard InChI is InChI=1S/C48H28O2/c1-2-8-33-26-34(17-16-29(33)6-1)30-12-14-31(15-13-30)35-18-20-39-41-22-23-42-40-21-19-36(38-11-5-9-32-7-3-4-10-37(32)38)28-46(40)50-44-25-24-43(47(41)48(42)44)49-45(39)27-35/h1-28H. The van der Waals surface area contributed by atoms with Crippen molar-refractivity contribution >= 4 is 32.3 Å². The molecule has 0 unspecified atom stereocenters. The molecule has 50 heavy (non-hydrogen) atoms. The Balaban J connectivity index is 0.955. The van der Waals surface area contributed by atoms with Crippen LogP contribution in [0.4, 0.5) is 0 Å². The van der Waals surface area contributed by atoms with E-state index in [-0.39, 0.29) is 0 Å². The van der Waals surface area contributed by atoms with E-state index in [1.165, 1.54) is 49.4 Å². The zero-order valence-electron chi connectivity index (χ0n) is 27.0. The van der Waals surface area contributed by atoms with Gasteiger partial charge in [-0.2, -0.15) is 0 Å². The van der Waals surface area contributed by atoms with Crippen molar-refractivity contribution in [2.75, 3.05) is 0 Å². The Hall–Kier alpha value is -6.64. The highest BCUT2D eigenvalue weighted by Crippen LogP contribution is 2.55. The van der Waals surface area contributed by atoms with Gasteiger partial charge in [-0.3, -0.25) is 0 Å². The van der Waals surface area contributed by atoms with Crippen molar-refractivity contribution in [2.24, 2.45) is 0 Å². The molecule has 2 aliphatic heterocycles. The van der Waals surface area contributed by atoms with E-state index < -0.39 is 0 Å². The highest BCUT2D eigenvalue weighted by Gasteiger charge is 2.28. The van der Waals surface area contributed by atoms with Crippen LogP contribution < -0.4 is 9.47 Å². The van der Waals surface area contributed by atoms with Gasteiger partial charge in [-0.1, -0.05) is 127 Å². The summed E-state index contributed by atoms with van der Waals surface area (Å²) in [7, 11) is 0. The Morgan fingerprint density at radius 2 is 0.760 bits per heavy atom. The SMILES string of the molecule is c1ccc2cc(-c3ccc(-c4ccc5c(c4)Oc4ccc6c7c(ccc-5c47)-c4ccc(-c5cccc7ccccc57)cc4O6)cc3)ccc2c1. The zero-order valence-corrected chi connectivity index (χ0v) is 27.0. The van der Waals surface area contributed by atoms with Crippen LogP contribution in [0.1, 0.15) is 0 Å². The molecule has 11 rings (SSSR count). The molecular weight excluding hydrogens is 609 g/mol. The van der Waals surface area contributed by atoms with Gasteiger partial charge >= 0.3 is 0 Å². The minimum absolute atomic E-state index is 0.858. The molecule has 2 heteroatoms. The number of ether oxygens (including phenoxy) is 2. The smallest absolute Gasteiger partial charge is 0.136 e. The van der Waals surface area contributed by atoms with Gasteiger partial charge in [-0.25, -0.2) is 0 Å². The molecule has 0 aliphatic carbocycles. The van der Waals surface area contributed by atoms with Crippen LogP contribution in [0, 0.1) is 0 Å². The lowest BCUT2D eigenvalue weighted by Gasteiger charge is -2.27. The molecule has 0 saturated carbocycles. The minimum atomic E-state index is 0.858. The number of hydrogen-bond donors (Lipinski definition) is 0. The van der Waals surface area contributed by atoms with E-state index in [4.69, 9.17) is 9.47 Å². The first-order valence-electron chi connectivity index (χ1n) is 17.1. The molecule has 0 aromatic heterocycles. The van der Waals surface area contributed by atoms with E-state index >= 15 is 0 Å². The second kappa shape index (κ2) is 10.4. The third kappa shape index (κ3) is 4.09. The molecule has 2 aliphatic rings. The average Bonchev–Trinajstić information content (AvgIpc) is 3.18. The maximum atomic E-state index is 6.67. The summed E-state index contributed by atoms with van der Waals surface area (Å²) >= 11 is 0. The Labute approximate surface area is 289 Å². The highest BCUT2D eigenvalue weighted by atomic mass is 16.5. The second-order valence-electron chi connectivity index (χ2n) is 13.3. The van der Waals surface area contributed by atoms with Crippen LogP contribution in [0.2, 0.25) is 0 Å². The fraction of sp³-hybridized carbons (Fsp3) is 0. The van der Waals surface area contributed by atoms with Gasteiger partial charge in [0.15, 0.2) is 0 Å². The lowest BCUT2D eigenvalue weighted by molar-refractivity contribution is 0.475. The first-order chi connectivity index (χ1) is 24.7. The maximum absolute atomic E-state index is 6.67. The van der Waals surface area contributed by atoms with E-state index in [1.807, 2.05) is 0 Å². The normalized spacial score (nSPS) is 12.3. The van der Waals surface area contributed by atoms with Crippen LogP contribution in [0.25, 0.3) is 88.0 Å². The van der Waals surface area contributed by atoms with Gasteiger partial charge in [0.2, 0.25) is 0 Å². The molecule has 0 amide bonds. The fourth-order valence-corrected chi connectivity index (χ4v) is 8.00. The zero-order chi connectivity index (χ0) is 32.8. The molecule has 2 heterocycles. The fourth-order valence-electron chi connectivity index (χ4n) is 8.00. The van der Waals surface area contributed by atoms with Gasteiger partial charge in [0.1, 0.15) is 23.0 Å². The lowest BCUT2D eigenvalue weighted by Crippen LogP contribution is -2.03. The number of hydrogen-bond acceptors (Lipinski definition) is 2. The summed E-state index contributed by atoms with van der Waals surface area (Å²) in [6.45, 7) is 0. The highest BCUT2D eigenvalue weighted by molar-refractivity contribution is 6.14. The second-order valence-corrected chi connectivity index (χ2v) is 13.3. The van der Waals surface area contributed by atoms with Crippen molar-refractivity contribution in [3.8, 4) is 78.6 Å². The summed E-state index contributed by atoms with van der Waals surface area (Å²) in [6.07, 6.45) is 0. The van der Waals surface area contributed by atoms with Crippen molar-refractivity contribution < 1.29 is 9.47 Å². The molecule has 9 aromatic carbocycles. The molecule has 0 fully saturated rings. The molecule has 0 bridgehead atoms. The van der Waals surface area contributed by atoms with Crippen molar-refractivity contribution in [1.29, 1.82) is 0 Å². The van der Waals surface area contributed by atoms with E-state index in [1.54, 1.807) is 0 Å². The van der Waals surface area contributed by atoms with Crippen molar-refractivity contribution in [1.82, 2.24) is 0 Å². The Kier molecular flexibility index (Phi) is 5.70. The molecule has 0 atom stereocenters. The summed E-state index contributed by atoms with van der Waals surface area (Å²) in [6, 6.07) is 60.8. The average molecular weight is 637 g/mol. The van der Waals surface area contributed by atoms with Crippen LogP contribution >= 0.6 is 0 Å². The summed E-state index contributed by atoms with van der Waals surface area (Å²) < 4.78 is 13.3. The van der Waals surface area contributed by atoms with Gasteiger partial charge in [-0.15, -0.1) is 0 Å². The lowest BCUT2D eigenvalue weighted by atomic mass is 9.86. The van der Waals surface area contributed by atoms with Crippen LogP contribution in [-0.4, -0.2) is 0 Å². The quantitative estimate of drug-likeness (QED) is 0.192. The monoisotopic (exact) mass is 636 g/mol. The Morgan fingerprint density at radius 3 is 1.46 bits per heavy atom. The van der Waals surface area contributed by atoms with Gasteiger partial charge in [-0.05, 0) is 109 Å². The maximum Gasteiger partial charge on any atom is 0.136 e. The van der Waals surface area contributed by atoms with Crippen LogP contribution in [-0.2, 0) is 0 Å². The number of fused-ring (bicyclic) bond motifs is 6. The summed E-state index contributed by atoms with van der Waals surface area (Å²) in [5.74, 6) is 3.46. The molecule has 0 N–H and O–H groups in total. The summed E-state index contributed by atoms with van der Waals surface area (Å²) in [4.78, 5) is 0. The predicted octanol–water partition coefficient (Wildman–Crippen LogP) is 13.7.